The topological polar surface area (TPSA) is 108 Å². The van der Waals surface area contributed by atoms with Crippen LogP contribution in [0, 0.1) is 0 Å². The number of aldehydes is 1. The molecule has 1 aromatic heterocycles. The zero-order valence-corrected chi connectivity index (χ0v) is 7.64. The maximum absolute atomic E-state index is 10.3. The fraction of sp³-hybridized carbons (Fsp3) is 0.286. The monoisotopic (exact) mass is 217 g/mol. The standard InChI is InChI=1S/C7H7NO5S/c9-1-4-8-3(2-14-4)5(10)6(11)7(12)13/h1-2,5-6,10-11H,(H,12,13). The summed E-state index contributed by atoms with van der Waals surface area (Å²) in [6, 6.07) is 0. The van der Waals surface area contributed by atoms with Gasteiger partial charge in [0.25, 0.3) is 0 Å². The summed E-state index contributed by atoms with van der Waals surface area (Å²) in [6.07, 6.45) is -3.07. The second kappa shape index (κ2) is 4.27. The number of carboxylic acids is 1. The summed E-state index contributed by atoms with van der Waals surface area (Å²) in [5, 5.41) is 28.0. The zero-order valence-electron chi connectivity index (χ0n) is 6.82. The lowest BCUT2D eigenvalue weighted by Crippen LogP contribution is -2.27. The number of thiazole rings is 1. The van der Waals surface area contributed by atoms with Crippen LogP contribution < -0.4 is 0 Å². The molecule has 0 bridgehead atoms. The Kier molecular flexibility index (Phi) is 3.28. The quantitative estimate of drug-likeness (QED) is 0.583. The molecule has 0 amide bonds. The fourth-order valence-electron chi connectivity index (χ4n) is 0.787. The van der Waals surface area contributed by atoms with Crippen molar-refractivity contribution in [3.63, 3.8) is 0 Å². The molecule has 1 aromatic rings. The molecular formula is C7H7NO5S. The van der Waals surface area contributed by atoms with Crippen molar-refractivity contribution in [3.8, 4) is 0 Å². The minimum absolute atomic E-state index is 0.0213. The van der Waals surface area contributed by atoms with E-state index in [1.165, 1.54) is 5.38 Å². The van der Waals surface area contributed by atoms with Crippen LogP contribution >= 0.6 is 11.3 Å². The molecular weight excluding hydrogens is 210 g/mol. The summed E-state index contributed by atoms with van der Waals surface area (Å²) >= 11 is 0.964. The minimum atomic E-state index is -1.93. The largest absolute Gasteiger partial charge is 0.479 e. The van der Waals surface area contributed by atoms with E-state index in [2.05, 4.69) is 4.98 Å². The molecule has 6 nitrogen and oxygen atoms in total. The zero-order chi connectivity index (χ0) is 10.7. The molecule has 0 aromatic carbocycles. The Bertz CT molecular complexity index is 350. The van der Waals surface area contributed by atoms with Gasteiger partial charge in [-0.2, -0.15) is 0 Å². The van der Waals surface area contributed by atoms with E-state index in [-0.39, 0.29) is 10.7 Å². The molecule has 1 heterocycles. The number of carbonyl (C=O) groups is 2. The summed E-state index contributed by atoms with van der Waals surface area (Å²) < 4.78 is 0. The molecule has 0 spiro atoms. The lowest BCUT2D eigenvalue weighted by molar-refractivity contribution is -0.153. The van der Waals surface area contributed by atoms with Gasteiger partial charge in [0.1, 0.15) is 6.10 Å². The Labute approximate surface area is 82.5 Å². The predicted molar refractivity (Wildman–Crippen MR) is 46.1 cm³/mol. The third kappa shape index (κ3) is 2.13. The van der Waals surface area contributed by atoms with Crippen molar-refractivity contribution >= 4 is 23.6 Å². The number of nitrogens with zero attached hydrogens (tertiary/aromatic N) is 1. The minimum Gasteiger partial charge on any atom is -0.479 e. The van der Waals surface area contributed by atoms with Gasteiger partial charge < -0.3 is 15.3 Å². The van der Waals surface area contributed by atoms with Gasteiger partial charge in [0, 0.05) is 5.38 Å². The molecule has 0 aliphatic rings. The second-order valence-corrected chi connectivity index (χ2v) is 3.35. The third-order valence-electron chi connectivity index (χ3n) is 1.50. The number of aliphatic hydroxyl groups excluding tert-OH is 2. The van der Waals surface area contributed by atoms with Crippen molar-refractivity contribution in [2.75, 3.05) is 0 Å². The van der Waals surface area contributed by atoms with Gasteiger partial charge >= 0.3 is 5.97 Å². The Morgan fingerprint density at radius 3 is 2.64 bits per heavy atom. The molecule has 2 atom stereocenters. The highest BCUT2D eigenvalue weighted by molar-refractivity contribution is 7.11. The fourth-order valence-corrected chi connectivity index (χ4v) is 1.43. The van der Waals surface area contributed by atoms with Gasteiger partial charge in [0.2, 0.25) is 0 Å². The third-order valence-corrected chi connectivity index (χ3v) is 2.28. The van der Waals surface area contributed by atoms with Crippen LogP contribution in [0.15, 0.2) is 5.38 Å². The number of rotatable bonds is 4. The first-order valence-corrected chi connectivity index (χ1v) is 4.43. The van der Waals surface area contributed by atoms with Gasteiger partial charge in [-0.1, -0.05) is 0 Å². The van der Waals surface area contributed by atoms with E-state index in [1.807, 2.05) is 0 Å². The molecule has 14 heavy (non-hydrogen) atoms. The van der Waals surface area contributed by atoms with Gasteiger partial charge in [-0.05, 0) is 0 Å². The number of carboxylic acid groups (broad SMARTS) is 1. The van der Waals surface area contributed by atoms with Crippen LogP contribution in [0.4, 0.5) is 0 Å². The van der Waals surface area contributed by atoms with Crippen molar-refractivity contribution in [1.82, 2.24) is 4.98 Å². The van der Waals surface area contributed by atoms with Crippen molar-refractivity contribution in [1.29, 1.82) is 0 Å². The average Bonchev–Trinajstić information content (AvgIpc) is 2.63. The first-order valence-electron chi connectivity index (χ1n) is 3.55. The van der Waals surface area contributed by atoms with E-state index < -0.39 is 18.2 Å². The molecule has 1 rings (SSSR count). The second-order valence-electron chi connectivity index (χ2n) is 2.46. The van der Waals surface area contributed by atoms with Crippen molar-refractivity contribution < 1.29 is 24.9 Å². The van der Waals surface area contributed by atoms with E-state index in [0.29, 0.717) is 6.29 Å². The van der Waals surface area contributed by atoms with E-state index >= 15 is 0 Å². The average molecular weight is 217 g/mol. The lowest BCUT2D eigenvalue weighted by atomic mass is 10.1. The lowest BCUT2D eigenvalue weighted by Gasteiger charge is -2.10. The van der Waals surface area contributed by atoms with Crippen LogP contribution in [0.25, 0.3) is 0 Å². The molecule has 0 aliphatic heterocycles. The van der Waals surface area contributed by atoms with Gasteiger partial charge in [-0.15, -0.1) is 11.3 Å². The Morgan fingerprint density at radius 2 is 2.21 bits per heavy atom. The van der Waals surface area contributed by atoms with Gasteiger partial charge in [0.15, 0.2) is 17.4 Å². The molecule has 7 heteroatoms. The van der Waals surface area contributed by atoms with Gasteiger partial charge in [-0.3, -0.25) is 4.79 Å². The van der Waals surface area contributed by atoms with Crippen LogP contribution in [0.2, 0.25) is 0 Å². The highest BCUT2D eigenvalue weighted by Crippen LogP contribution is 2.18. The predicted octanol–water partition coefficient (Wildman–Crippen LogP) is -0.566. The van der Waals surface area contributed by atoms with Crippen LogP contribution in [0.5, 0.6) is 0 Å². The van der Waals surface area contributed by atoms with Crippen LogP contribution in [0.1, 0.15) is 21.6 Å². The molecule has 0 fully saturated rings. The Hall–Kier alpha value is -1.31. The number of carbonyl (C=O) groups excluding carboxylic acids is 1. The molecule has 2 unspecified atom stereocenters. The van der Waals surface area contributed by atoms with Gasteiger partial charge in [-0.25, -0.2) is 9.78 Å². The summed E-state index contributed by atoms with van der Waals surface area (Å²) in [6.45, 7) is 0. The van der Waals surface area contributed by atoms with Crippen LogP contribution in [-0.2, 0) is 4.79 Å². The Morgan fingerprint density at radius 1 is 1.57 bits per heavy atom. The maximum Gasteiger partial charge on any atom is 0.335 e. The number of aromatic nitrogens is 1. The molecule has 76 valence electrons. The highest BCUT2D eigenvalue weighted by Gasteiger charge is 2.26. The van der Waals surface area contributed by atoms with E-state index in [0.717, 1.165) is 11.3 Å². The maximum atomic E-state index is 10.3. The number of hydrogen-bond donors (Lipinski definition) is 3. The normalized spacial score (nSPS) is 14.7. The van der Waals surface area contributed by atoms with Crippen molar-refractivity contribution in [3.05, 3.63) is 16.1 Å². The summed E-state index contributed by atoms with van der Waals surface area (Å²) in [4.78, 5) is 24.1. The molecule has 0 aliphatic carbocycles. The number of hydrogen-bond acceptors (Lipinski definition) is 6. The first-order chi connectivity index (χ1) is 6.56. The summed E-state index contributed by atoms with van der Waals surface area (Å²) in [5.74, 6) is -1.54. The van der Waals surface area contributed by atoms with Crippen molar-refractivity contribution in [2.45, 2.75) is 12.2 Å². The highest BCUT2D eigenvalue weighted by atomic mass is 32.1. The summed E-state index contributed by atoms with van der Waals surface area (Å²) in [5.41, 5.74) is -0.0213. The van der Waals surface area contributed by atoms with E-state index in [1.54, 1.807) is 0 Å². The summed E-state index contributed by atoms with van der Waals surface area (Å²) in [7, 11) is 0. The van der Waals surface area contributed by atoms with Crippen molar-refractivity contribution in [2.24, 2.45) is 0 Å². The number of aliphatic carboxylic acids is 1. The SMILES string of the molecule is O=Cc1nc(C(O)C(O)C(=O)O)cs1. The van der Waals surface area contributed by atoms with Crippen LogP contribution in [0.3, 0.4) is 0 Å². The smallest absolute Gasteiger partial charge is 0.335 e. The molecule has 3 N–H and O–H groups in total. The Balaban J connectivity index is 2.83. The van der Waals surface area contributed by atoms with Gasteiger partial charge in [0.05, 0.1) is 5.69 Å². The molecule has 0 saturated heterocycles. The van der Waals surface area contributed by atoms with E-state index in [4.69, 9.17) is 10.2 Å². The first kappa shape index (κ1) is 10.8. The van der Waals surface area contributed by atoms with E-state index in [9.17, 15) is 14.7 Å². The molecule has 0 saturated carbocycles. The number of aliphatic hydroxyl groups is 2. The van der Waals surface area contributed by atoms with Crippen LogP contribution in [-0.4, -0.2) is 38.7 Å². The molecule has 0 radical (unpaired) electrons.